The standard InChI is InChI=1S/C27H26N2O4/c1-19(2)33-24-11-7-10-23(16-24)29-27(30)22(17-28)14-21-12-13-25(26(15-21)31-3)32-18-20-8-5-4-6-9-20/h4-16,19H,18H2,1-3H3,(H,29,30)/b22-14-. The molecule has 0 spiro atoms. The van der Waals surface area contributed by atoms with Crippen molar-refractivity contribution in [3.63, 3.8) is 0 Å². The number of nitriles is 1. The number of hydrogen-bond acceptors (Lipinski definition) is 5. The van der Waals surface area contributed by atoms with Crippen LogP contribution in [-0.2, 0) is 11.4 Å². The molecule has 0 atom stereocenters. The number of anilines is 1. The lowest BCUT2D eigenvalue weighted by molar-refractivity contribution is -0.112. The van der Waals surface area contributed by atoms with Gasteiger partial charge in [0.25, 0.3) is 5.91 Å². The molecule has 0 radical (unpaired) electrons. The minimum Gasteiger partial charge on any atom is -0.493 e. The molecule has 6 nitrogen and oxygen atoms in total. The van der Waals surface area contributed by atoms with E-state index >= 15 is 0 Å². The average Bonchev–Trinajstić information content (AvgIpc) is 2.81. The van der Waals surface area contributed by atoms with E-state index in [0.29, 0.717) is 35.1 Å². The SMILES string of the molecule is COc1cc(/C=C(/C#N)C(=O)Nc2cccc(OC(C)C)c2)ccc1OCc1ccccc1. The van der Waals surface area contributed by atoms with Crippen molar-refractivity contribution in [3.05, 3.63) is 89.5 Å². The molecule has 3 aromatic rings. The zero-order chi connectivity index (χ0) is 23.6. The summed E-state index contributed by atoms with van der Waals surface area (Å²) in [5.74, 6) is 1.21. The van der Waals surface area contributed by atoms with Gasteiger partial charge in [-0.25, -0.2) is 0 Å². The molecule has 168 valence electrons. The Morgan fingerprint density at radius 2 is 1.82 bits per heavy atom. The molecule has 1 amide bonds. The van der Waals surface area contributed by atoms with E-state index in [0.717, 1.165) is 5.56 Å². The van der Waals surface area contributed by atoms with E-state index in [4.69, 9.17) is 14.2 Å². The van der Waals surface area contributed by atoms with Gasteiger partial charge in [0.15, 0.2) is 11.5 Å². The number of benzene rings is 3. The van der Waals surface area contributed by atoms with Crippen LogP contribution < -0.4 is 19.5 Å². The van der Waals surface area contributed by atoms with E-state index < -0.39 is 5.91 Å². The van der Waals surface area contributed by atoms with E-state index in [1.165, 1.54) is 6.08 Å². The van der Waals surface area contributed by atoms with Gasteiger partial charge in [0.2, 0.25) is 0 Å². The average molecular weight is 443 g/mol. The third kappa shape index (κ3) is 6.88. The molecule has 3 aromatic carbocycles. The Labute approximate surface area is 194 Å². The Morgan fingerprint density at radius 1 is 1.03 bits per heavy atom. The van der Waals surface area contributed by atoms with Crippen LogP contribution in [-0.4, -0.2) is 19.1 Å². The van der Waals surface area contributed by atoms with Crippen molar-refractivity contribution in [3.8, 4) is 23.3 Å². The number of nitrogens with zero attached hydrogens (tertiary/aromatic N) is 1. The molecule has 0 saturated heterocycles. The zero-order valence-electron chi connectivity index (χ0n) is 18.9. The van der Waals surface area contributed by atoms with Crippen LogP contribution >= 0.6 is 0 Å². The summed E-state index contributed by atoms with van der Waals surface area (Å²) >= 11 is 0. The molecule has 0 bridgehead atoms. The summed E-state index contributed by atoms with van der Waals surface area (Å²) in [6.45, 7) is 4.25. The summed E-state index contributed by atoms with van der Waals surface area (Å²) in [5.41, 5.74) is 2.18. The smallest absolute Gasteiger partial charge is 0.266 e. The van der Waals surface area contributed by atoms with Crippen molar-refractivity contribution >= 4 is 17.7 Å². The number of rotatable bonds is 9. The second kappa shape index (κ2) is 11.4. The topological polar surface area (TPSA) is 80.6 Å². The molecule has 6 heteroatoms. The minimum atomic E-state index is -0.512. The van der Waals surface area contributed by atoms with Crippen LogP contribution in [0.3, 0.4) is 0 Å². The van der Waals surface area contributed by atoms with Crippen LogP contribution in [0, 0.1) is 11.3 Å². The van der Waals surface area contributed by atoms with Crippen molar-refractivity contribution < 1.29 is 19.0 Å². The molecule has 1 N–H and O–H groups in total. The van der Waals surface area contributed by atoms with Gasteiger partial charge >= 0.3 is 0 Å². The Balaban J connectivity index is 1.73. The number of nitrogens with one attached hydrogen (secondary N) is 1. The highest BCUT2D eigenvalue weighted by atomic mass is 16.5. The molecule has 0 aliphatic rings. The second-order valence-electron chi connectivity index (χ2n) is 7.50. The summed E-state index contributed by atoms with van der Waals surface area (Å²) in [4.78, 5) is 12.7. The van der Waals surface area contributed by atoms with Crippen LogP contribution in [0.4, 0.5) is 5.69 Å². The Morgan fingerprint density at radius 3 is 2.52 bits per heavy atom. The summed E-state index contributed by atoms with van der Waals surface area (Å²) in [6, 6.07) is 24.1. The first-order valence-electron chi connectivity index (χ1n) is 10.5. The van der Waals surface area contributed by atoms with E-state index in [1.54, 1.807) is 43.5 Å². The number of amides is 1. The highest BCUT2D eigenvalue weighted by molar-refractivity contribution is 6.09. The molecule has 0 aliphatic carbocycles. The van der Waals surface area contributed by atoms with Gasteiger partial charge in [-0.2, -0.15) is 5.26 Å². The maximum atomic E-state index is 12.7. The van der Waals surface area contributed by atoms with E-state index in [2.05, 4.69) is 5.32 Å². The normalized spacial score (nSPS) is 10.9. The first kappa shape index (κ1) is 23.4. The molecule has 3 rings (SSSR count). The number of carbonyl (C=O) groups is 1. The van der Waals surface area contributed by atoms with Crippen LogP contribution in [0.15, 0.2) is 78.4 Å². The van der Waals surface area contributed by atoms with Crippen LogP contribution in [0.1, 0.15) is 25.0 Å². The molecule has 0 heterocycles. The van der Waals surface area contributed by atoms with Crippen molar-refractivity contribution in [2.75, 3.05) is 12.4 Å². The predicted octanol–water partition coefficient (Wildman–Crippen LogP) is 5.61. The lowest BCUT2D eigenvalue weighted by Crippen LogP contribution is -2.13. The molecule has 0 unspecified atom stereocenters. The van der Waals surface area contributed by atoms with Gasteiger partial charge in [0.1, 0.15) is 24.0 Å². The van der Waals surface area contributed by atoms with Gasteiger partial charge in [-0.15, -0.1) is 0 Å². The van der Waals surface area contributed by atoms with Crippen molar-refractivity contribution in [2.24, 2.45) is 0 Å². The van der Waals surface area contributed by atoms with Crippen molar-refractivity contribution in [1.29, 1.82) is 5.26 Å². The van der Waals surface area contributed by atoms with Crippen LogP contribution in [0.5, 0.6) is 17.2 Å². The molecule has 33 heavy (non-hydrogen) atoms. The van der Waals surface area contributed by atoms with E-state index in [9.17, 15) is 10.1 Å². The summed E-state index contributed by atoms with van der Waals surface area (Å²) in [5, 5.41) is 12.3. The van der Waals surface area contributed by atoms with Gasteiger partial charge in [0, 0.05) is 11.8 Å². The maximum absolute atomic E-state index is 12.7. The lowest BCUT2D eigenvalue weighted by Gasteiger charge is -2.12. The Bertz CT molecular complexity index is 1160. The fourth-order valence-electron chi connectivity index (χ4n) is 3.06. The summed E-state index contributed by atoms with van der Waals surface area (Å²) in [6.07, 6.45) is 1.52. The third-order valence-corrected chi connectivity index (χ3v) is 4.56. The molecule has 0 saturated carbocycles. The molecular formula is C27H26N2O4. The lowest BCUT2D eigenvalue weighted by atomic mass is 10.1. The molecule has 0 aromatic heterocycles. The van der Waals surface area contributed by atoms with Gasteiger partial charge in [0.05, 0.1) is 13.2 Å². The third-order valence-electron chi connectivity index (χ3n) is 4.56. The number of hydrogen-bond donors (Lipinski definition) is 1. The number of methoxy groups -OCH3 is 1. The largest absolute Gasteiger partial charge is 0.493 e. The second-order valence-corrected chi connectivity index (χ2v) is 7.50. The highest BCUT2D eigenvalue weighted by Gasteiger charge is 2.12. The fourth-order valence-corrected chi connectivity index (χ4v) is 3.06. The monoisotopic (exact) mass is 442 g/mol. The first-order chi connectivity index (χ1) is 16.0. The van der Waals surface area contributed by atoms with Gasteiger partial charge in [-0.3, -0.25) is 4.79 Å². The first-order valence-corrected chi connectivity index (χ1v) is 10.5. The number of ether oxygens (including phenoxy) is 3. The quantitative estimate of drug-likeness (QED) is 0.344. The van der Waals surface area contributed by atoms with Crippen LogP contribution in [0.2, 0.25) is 0 Å². The predicted molar refractivity (Wildman–Crippen MR) is 128 cm³/mol. The maximum Gasteiger partial charge on any atom is 0.266 e. The molecule has 0 fully saturated rings. The van der Waals surface area contributed by atoms with E-state index in [-0.39, 0.29) is 11.7 Å². The van der Waals surface area contributed by atoms with Gasteiger partial charge in [-0.05, 0) is 55.3 Å². The number of carbonyl (C=O) groups excluding carboxylic acids is 1. The van der Waals surface area contributed by atoms with Crippen molar-refractivity contribution in [1.82, 2.24) is 0 Å². The minimum absolute atomic E-state index is 0.0140. The van der Waals surface area contributed by atoms with E-state index in [1.807, 2.05) is 56.3 Å². The molecular weight excluding hydrogens is 416 g/mol. The Hall–Kier alpha value is -4.24. The fraction of sp³-hybridized carbons (Fsp3) is 0.185. The zero-order valence-corrected chi connectivity index (χ0v) is 18.9. The van der Waals surface area contributed by atoms with Crippen molar-refractivity contribution in [2.45, 2.75) is 26.6 Å². The van der Waals surface area contributed by atoms with Gasteiger partial charge in [-0.1, -0.05) is 42.5 Å². The Kier molecular flexibility index (Phi) is 8.09. The summed E-state index contributed by atoms with van der Waals surface area (Å²) in [7, 11) is 1.54. The summed E-state index contributed by atoms with van der Waals surface area (Å²) < 4.78 is 16.9. The molecule has 0 aliphatic heterocycles. The highest BCUT2D eigenvalue weighted by Crippen LogP contribution is 2.30. The van der Waals surface area contributed by atoms with Crippen LogP contribution in [0.25, 0.3) is 6.08 Å². The van der Waals surface area contributed by atoms with Gasteiger partial charge < -0.3 is 19.5 Å².